The lowest BCUT2D eigenvalue weighted by Crippen LogP contribution is -2.35. The van der Waals surface area contributed by atoms with Crippen molar-refractivity contribution >= 4 is 23.3 Å². The number of para-hydroxylation sites is 1. The van der Waals surface area contributed by atoms with Crippen LogP contribution in [0.4, 0.5) is 5.69 Å². The summed E-state index contributed by atoms with van der Waals surface area (Å²) in [5, 5.41) is 8.85. The fraction of sp³-hybridized carbons (Fsp3) is 0.167. The van der Waals surface area contributed by atoms with Crippen molar-refractivity contribution in [3.63, 3.8) is 0 Å². The lowest BCUT2D eigenvalue weighted by molar-refractivity contribution is -0.121. The van der Waals surface area contributed by atoms with Crippen LogP contribution >= 0.6 is 0 Å². The Hall–Kier alpha value is -4.18. The van der Waals surface area contributed by atoms with Gasteiger partial charge >= 0.3 is 5.97 Å². The predicted octanol–water partition coefficient (Wildman–Crippen LogP) is 4.25. The number of carbonyl (C=O) groups excluding carboxylic acids is 3. The molecule has 0 N–H and O–H groups in total. The number of hydrogen-bond acceptors (Lipinski definition) is 6. The van der Waals surface area contributed by atoms with Crippen LogP contribution in [0.15, 0.2) is 71.1 Å². The van der Waals surface area contributed by atoms with Crippen molar-refractivity contribution < 1.29 is 23.5 Å². The van der Waals surface area contributed by atoms with Crippen LogP contribution in [-0.2, 0) is 9.53 Å². The molecule has 1 amide bonds. The topological polar surface area (TPSA) is 101 Å². The van der Waals surface area contributed by atoms with Gasteiger partial charge in [0.1, 0.15) is 5.76 Å². The standard InChI is InChI=1S/C24H20N2O5/c1-17(27)18-8-10-19(11-9-18)21-12-13-22(31-21)24(29)30-16-23(28)26(15-5-14-25)20-6-3-2-4-7-20/h2-4,6-13H,5,15-16H2,1H3. The number of rotatable bonds is 8. The maximum absolute atomic E-state index is 12.6. The molecule has 0 saturated carbocycles. The average Bonchev–Trinajstić information content (AvgIpc) is 3.29. The summed E-state index contributed by atoms with van der Waals surface area (Å²) in [6, 6.07) is 20.7. The largest absolute Gasteiger partial charge is 0.450 e. The maximum atomic E-state index is 12.6. The zero-order chi connectivity index (χ0) is 22.2. The third-order valence-corrected chi connectivity index (χ3v) is 4.53. The van der Waals surface area contributed by atoms with Crippen LogP contribution in [0.3, 0.4) is 0 Å². The molecule has 3 aromatic rings. The van der Waals surface area contributed by atoms with Gasteiger partial charge < -0.3 is 14.1 Å². The van der Waals surface area contributed by atoms with E-state index in [1.54, 1.807) is 54.6 Å². The molecule has 3 rings (SSSR count). The number of benzene rings is 2. The molecule has 0 aliphatic heterocycles. The second-order valence-electron chi connectivity index (χ2n) is 6.66. The van der Waals surface area contributed by atoms with E-state index in [0.717, 1.165) is 0 Å². The molecule has 0 fully saturated rings. The summed E-state index contributed by atoms with van der Waals surface area (Å²) in [5.74, 6) is -0.857. The molecule has 0 saturated heterocycles. The van der Waals surface area contributed by atoms with Crippen molar-refractivity contribution in [2.45, 2.75) is 13.3 Å². The van der Waals surface area contributed by atoms with Gasteiger partial charge in [-0.25, -0.2) is 4.79 Å². The van der Waals surface area contributed by atoms with Crippen LogP contribution in [-0.4, -0.2) is 30.8 Å². The number of nitrogens with zero attached hydrogens (tertiary/aromatic N) is 2. The van der Waals surface area contributed by atoms with Gasteiger partial charge in [-0.15, -0.1) is 0 Å². The third-order valence-electron chi connectivity index (χ3n) is 4.53. The molecule has 2 aromatic carbocycles. The molecule has 1 aromatic heterocycles. The van der Waals surface area contributed by atoms with Crippen LogP contribution in [0.1, 0.15) is 34.3 Å². The van der Waals surface area contributed by atoms with E-state index in [1.165, 1.54) is 17.9 Å². The first-order valence-corrected chi connectivity index (χ1v) is 9.60. The van der Waals surface area contributed by atoms with Crippen LogP contribution in [0.5, 0.6) is 0 Å². The molecule has 0 unspecified atom stereocenters. The molecule has 1 heterocycles. The average molecular weight is 416 g/mol. The summed E-state index contributed by atoms with van der Waals surface area (Å²) in [6.45, 7) is 1.19. The third kappa shape index (κ3) is 5.46. The summed E-state index contributed by atoms with van der Waals surface area (Å²) in [7, 11) is 0. The van der Waals surface area contributed by atoms with Crippen molar-refractivity contribution in [3.8, 4) is 17.4 Å². The number of anilines is 1. The van der Waals surface area contributed by atoms with E-state index in [-0.39, 0.29) is 24.5 Å². The summed E-state index contributed by atoms with van der Waals surface area (Å²) in [5.41, 5.74) is 1.90. The fourth-order valence-electron chi connectivity index (χ4n) is 2.92. The summed E-state index contributed by atoms with van der Waals surface area (Å²) < 4.78 is 10.7. The van der Waals surface area contributed by atoms with E-state index >= 15 is 0 Å². The first-order valence-electron chi connectivity index (χ1n) is 9.60. The Labute approximate surface area is 179 Å². The van der Waals surface area contributed by atoms with Crippen molar-refractivity contribution in [3.05, 3.63) is 78.1 Å². The smallest absolute Gasteiger partial charge is 0.374 e. The molecule has 7 nitrogen and oxygen atoms in total. The quantitative estimate of drug-likeness (QED) is 0.402. The van der Waals surface area contributed by atoms with E-state index in [0.29, 0.717) is 22.6 Å². The van der Waals surface area contributed by atoms with Crippen molar-refractivity contribution in [2.75, 3.05) is 18.1 Å². The molecule has 0 aliphatic carbocycles. The molecule has 0 bridgehead atoms. The second kappa shape index (κ2) is 10.0. The fourth-order valence-corrected chi connectivity index (χ4v) is 2.92. The van der Waals surface area contributed by atoms with Gasteiger partial charge in [0.05, 0.1) is 12.5 Å². The Morgan fingerprint density at radius 2 is 1.71 bits per heavy atom. The lowest BCUT2D eigenvalue weighted by Gasteiger charge is -2.21. The Morgan fingerprint density at radius 1 is 1.00 bits per heavy atom. The SMILES string of the molecule is CC(=O)c1ccc(-c2ccc(C(=O)OCC(=O)N(CCC#N)c3ccccc3)o2)cc1. The van der Waals surface area contributed by atoms with E-state index in [1.807, 2.05) is 12.1 Å². The maximum Gasteiger partial charge on any atom is 0.374 e. The van der Waals surface area contributed by atoms with Crippen LogP contribution in [0.2, 0.25) is 0 Å². The number of ketones is 1. The highest BCUT2D eigenvalue weighted by Gasteiger charge is 2.20. The molecule has 7 heteroatoms. The van der Waals surface area contributed by atoms with Crippen molar-refractivity contribution in [1.82, 2.24) is 0 Å². The van der Waals surface area contributed by atoms with Gasteiger partial charge in [-0.3, -0.25) is 9.59 Å². The summed E-state index contributed by atoms with van der Waals surface area (Å²) in [4.78, 5) is 37.7. The van der Waals surface area contributed by atoms with Gasteiger partial charge in [-0.1, -0.05) is 42.5 Å². The van der Waals surface area contributed by atoms with Gasteiger partial charge in [-0.2, -0.15) is 5.26 Å². The Morgan fingerprint density at radius 3 is 2.35 bits per heavy atom. The Balaban J connectivity index is 1.64. The van der Waals surface area contributed by atoms with E-state index in [9.17, 15) is 14.4 Å². The van der Waals surface area contributed by atoms with Gasteiger partial charge in [-0.05, 0) is 31.2 Å². The summed E-state index contributed by atoms with van der Waals surface area (Å²) in [6.07, 6.45) is 0.151. The van der Waals surface area contributed by atoms with Crippen LogP contribution in [0, 0.1) is 11.3 Å². The van der Waals surface area contributed by atoms with E-state index < -0.39 is 18.5 Å². The number of Topliss-reactive ketones (excluding diaryl/α,β-unsaturated/α-hetero) is 1. The number of ether oxygens (including phenoxy) is 1. The van der Waals surface area contributed by atoms with Gasteiger partial charge in [0.15, 0.2) is 12.4 Å². The van der Waals surface area contributed by atoms with Crippen molar-refractivity contribution in [2.24, 2.45) is 0 Å². The molecule has 0 atom stereocenters. The number of esters is 1. The zero-order valence-corrected chi connectivity index (χ0v) is 16.9. The Kier molecular flexibility index (Phi) is 6.97. The minimum absolute atomic E-state index is 0.0401. The lowest BCUT2D eigenvalue weighted by atomic mass is 10.1. The van der Waals surface area contributed by atoms with Gasteiger partial charge in [0.2, 0.25) is 5.76 Å². The second-order valence-corrected chi connectivity index (χ2v) is 6.66. The zero-order valence-electron chi connectivity index (χ0n) is 16.9. The van der Waals surface area contributed by atoms with Crippen molar-refractivity contribution in [1.29, 1.82) is 5.26 Å². The van der Waals surface area contributed by atoms with E-state index in [2.05, 4.69) is 0 Å². The molecule has 156 valence electrons. The highest BCUT2D eigenvalue weighted by Crippen LogP contribution is 2.23. The Bertz CT molecular complexity index is 1110. The van der Waals surface area contributed by atoms with Gasteiger partial charge in [0, 0.05) is 23.4 Å². The first-order chi connectivity index (χ1) is 15.0. The number of carbonyl (C=O) groups is 3. The molecular weight excluding hydrogens is 396 g/mol. The monoisotopic (exact) mass is 416 g/mol. The molecule has 0 radical (unpaired) electrons. The first kappa shape index (κ1) is 21.5. The number of hydrogen-bond donors (Lipinski definition) is 0. The van der Waals surface area contributed by atoms with Crippen LogP contribution in [0.25, 0.3) is 11.3 Å². The molecule has 0 spiro atoms. The highest BCUT2D eigenvalue weighted by molar-refractivity contribution is 5.97. The van der Waals surface area contributed by atoms with Crippen LogP contribution < -0.4 is 4.90 Å². The van der Waals surface area contributed by atoms with Gasteiger partial charge in [0.25, 0.3) is 5.91 Å². The summed E-state index contributed by atoms with van der Waals surface area (Å²) >= 11 is 0. The van der Waals surface area contributed by atoms with E-state index in [4.69, 9.17) is 14.4 Å². The molecule has 31 heavy (non-hydrogen) atoms. The molecule has 0 aliphatic rings. The number of amides is 1. The minimum atomic E-state index is -0.770. The number of nitriles is 1. The normalized spacial score (nSPS) is 10.2. The predicted molar refractivity (Wildman–Crippen MR) is 113 cm³/mol. The molecular formula is C24H20N2O5. The highest BCUT2D eigenvalue weighted by atomic mass is 16.5. The minimum Gasteiger partial charge on any atom is -0.450 e. The number of furan rings is 1.